The van der Waals surface area contributed by atoms with Gasteiger partial charge in [0.25, 0.3) is 0 Å². The van der Waals surface area contributed by atoms with E-state index in [0.29, 0.717) is 12.2 Å². The Hall–Kier alpha value is -0.700. The van der Waals surface area contributed by atoms with E-state index in [2.05, 4.69) is 18.8 Å². The monoisotopic (exact) mass is 225 g/mol. The van der Waals surface area contributed by atoms with Crippen molar-refractivity contribution in [2.75, 3.05) is 0 Å². The number of rotatable bonds is 7. The van der Waals surface area contributed by atoms with Gasteiger partial charge in [0.2, 0.25) is 0 Å². The number of hydrogen-bond donors (Lipinski definition) is 0. The van der Waals surface area contributed by atoms with Gasteiger partial charge in [-0.2, -0.15) is 0 Å². The molecule has 15 heavy (non-hydrogen) atoms. The molecule has 0 unspecified atom stereocenters. The van der Waals surface area contributed by atoms with Crippen LogP contribution in [-0.2, 0) is 11.2 Å². The molecule has 0 aliphatic carbocycles. The summed E-state index contributed by atoms with van der Waals surface area (Å²) in [5.74, 6) is 0.623. The Morgan fingerprint density at radius 1 is 1.40 bits per heavy atom. The molecule has 0 amide bonds. The van der Waals surface area contributed by atoms with E-state index >= 15 is 0 Å². The molecule has 0 radical (unpaired) electrons. The third-order valence-electron chi connectivity index (χ3n) is 2.54. The van der Waals surface area contributed by atoms with E-state index in [-0.39, 0.29) is 5.92 Å². The highest BCUT2D eigenvalue weighted by molar-refractivity contribution is 7.09. The number of Topliss-reactive ketones (excluding diaryl/α,β-unsaturated/α-hetero) is 1. The highest BCUT2D eigenvalue weighted by Gasteiger charge is 2.17. The van der Waals surface area contributed by atoms with Crippen molar-refractivity contribution >= 4 is 17.1 Å². The number of thiazole rings is 1. The Kier molecular flexibility index (Phi) is 5.54. The molecule has 0 bridgehead atoms. The van der Waals surface area contributed by atoms with Gasteiger partial charge in [-0.25, -0.2) is 4.98 Å². The van der Waals surface area contributed by atoms with E-state index in [4.69, 9.17) is 0 Å². The van der Waals surface area contributed by atoms with Gasteiger partial charge in [0.05, 0.1) is 11.4 Å². The van der Waals surface area contributed by atoms with Crippen molar-refractivity contribution in [3.63, 3.8) is 0 Å². The molecule has 84 valence electrons. The fourth-order valence-electron chi connectivity index (χ4n) is 1.80. The van der Waals surface area contributed by atoms with Crippen LogP contribution in [0.15, 0.2) is 11.6 Å². The third kappa shape index (κ3) is 4.12. The first-order valence-corrected chi connectivity index (χ1v) is 6.57. The molecule has 1 aromatic heterocycles. The summed E-state index contributed by atoms with van der Waals surface area (Å²) < 4.78 is 0. The number of nitrogens with zero attached hydrogens (tertiary/aromatic N) is 1. The molecule has 0 aliphatic heterocycles. The van der Waals surface area contributed by atoms with Gasteiger partial charge in [-0.3, -0.25) is 4.79 Å². The first kappa shape index (κ1) is 12.4. The zero-order valence-electron chi connectivity index (χ0n) is 9.53. The van der Waals surface area contributed by atoms with E-state index < -0.39 is 0 Å². The van der Waals surface area contributed by atoms with Crippen LogP contribution in [0.1, 0.15) is 44.5 Å². The van der Waals surface area contributed by atoms with Crippen molar-refractivity contribution in [2.24, 2.45) is 5.92 Å². The smallest absolute Gasteiger partial charge is 0.142 e. The molecule has 3 heteroatoms. The van der Waals surface area contributed by atoms with Crippen LogP contribution < -0.4 is 0 Å². The van der Waals surface area contributed by atoms with Crippen LogP contribution in [0.5, 0.6) is 0 Å². The summed E-state index contributed by atoms with van der Waals surface area (Å²) in [6.07, 6.45) is 6.53. The number of carbonyl (C=O) groups is 1. The topological polar surface area (TPSA) is 30.0 Å². The van der Waals surface area contributed by atoms with Gasteiger partial charge in [0, 0.05) is 17.5 Å². The second-order valence-corrected chi connectivity index (χ2v) is 4.82. The minimum absolute atomic E-state index is 0.254. The molecular formula is C12H19NOS. The number of aromatic nitrogens is 1. The maximum absolute atomic E-state index is 12.0. The van der Waals surface area contributed by atoms with Crippen LogP contribution in [0, 0.1) is 5.92 Å². The highest BCUT2D eigenvalue weighted by atomic mass is 32.1. The lowest BCUT2D eigenvalue weighted by Crippen LogP contribution is -2.16. The third-order valence-corrected chi connectivity index (χ3v) is 3.32. The number of ketones is 1. The minimum atomic E-state index is 0.254. The molecule has 1 rings (SSSR count). The summed E-state index contributed by atoms with van der Waals surface area (Å²) in [6.45, 7) is 4.28. The first-order valence-electron chi connectivity index (χ1n) is 5.69. The lowest BCUT2D eigenvalue weighted by Gasteiger charge is -2.12. The fourth-order valence-corrected chi connectivity index (χ4v) is 2.42. The van der Waals surface area contributed by atoms with Gasteiger partial charge in [-0.1, -0.05) is 26.7 Å². The maximum Gasteiger partial charge on any atom is 0.142 e. The van der Waals surface area contributed by atoms with Crippen LogP contribution in [0.3, 0.4) is 0 Å². The van der Waals surface area contributed by atoms with Gasteiger partial charge in [-0.05, 0) is 12.8 Å². The molecule has 1 heterocycles. The molecule has 0 spiro atoms. The lowest BCUT2D eigenvalue weighted by molar-refractivity contribution is -0.122. The molecule has 0 N–H and O–H groups in total. The molecule has 0 aromatic carbocycles. The zero-order chi connectivity index (χ0) is 11.1. The van der Waals surface area contributed by atoms with E-state index in [0.717, 1.165) is 30.7 Å². The first-order chi connectivity index (χ1) is 7.27. The van der Waals surface area contributed by atoms with Crippen LogP contribution >= 0.6 is 11.3 Å². The van der Waals surface area contributed by atoms with Crippen molar-refractivity contribution < 1.29 is 4.79 Å². The van der Waals surface area contributed by atoms with Crippen molar-refractivity contribution in [2.45, 2.75) is 46.0 Å². The minimum Gasteiger partial charge on any atom is -0.299 e. The molecule has 2 nitrogen and oxygen atoms in total. The summed E-state index contributed by atoms with van der Waals surface area (Å²) in [7, 11) is 0. The van der Waals surface area contributed by atoms with Crippen molar-refractivity contribution in [3.8, 4) is 0 Å². The standard InChI is InChI=1S/C12H19NOS/c1-3-5-10(6-4-2)11(14)9-12-13-7-8-15-12/h7-8,10H,3-6,9H2,1-2H3. The van der Waals surface area contributed by atoms with Gasteiger partial charge < -0.3 is 0 Å². The average molecular weight is 225 g/mol. The largest absolute Gasteiger partial charge is 0.299 e. The summed E-state index contributed by atoms with van der Waals surface area (Å²) >= 11 is 1.57. The second-order valence-electron chi connectivity index (χ2n) is 3.84. The SMILES string of the molecule is CCCC(CCC)C(=O)Cc1nccs1. The molecule has 0 atom stereocenters. The summed E-state index contributed by atoms with van der Waals surface area (Å²) in [6, 6.07) is 0. The van der Waals surface area contributed by atoms with Gasteiger partial charge in [0.15, 0.2) is 0 Å². The van der Waals surface area contributed by atoms with Crippen molar-refractivity contribution in [1.82, 2.24) is 4.98 Å². The van der Waals surface area contributed by atoms with Gasteiger partial charge in [-0.15, -0.1) is 11.3 Å². The van der Waals surface area contributed by atoms with Crippen LogP contribution in [-0.4, -0.2) is 10.8 Å². The Morgan fingerprint density at radius 2 is 2.07 bits per heavy atom. The van der Waals surface area contributed by atoms with Crippen LogP contribution in [0.25, 0.3) is 0 Å². The second kappa shape index (κ2) is 6.72. The summed E-state index contributed by atoms with van der Waals surface area (Å²) in [5.41, 5.74) is 0. The van der Waals surface area contributed by atoms with E-state index in [1.807, 2.05) is 5.38 Å². The molecule has 0 saturated heterocycles. The Morgan fingerprint density at radius 3 is 2.53 bits per heavy atom. The van der Waals surface area contributed by atoms with Crippen LogP contribution in [0.2, 0.25) is 0 Å². The normalized spacial score (nSPS) is 10.9. The Labute approximate surface area is 95.7 Å². The zero-order valence-corrected chi connectivity index (χ0v) is 10.3. The van der Waals surface area contributed by atoms with E-state index in [9.17, 15) is 4.79 Å². The van der Waals surface area contributed by atoms with E-state index in [1.165, 1.54) is 0 Å². The van der Waals surface area contributed by atoms with Crippen molar-refractivity contribution in [1.29, 1.82) is 0 Å². The predicted octanol–water partition coefficient (Wildman–Crippen LogP) is 3.47. The molecule has 1 aromatic rings. The van der Waals surface area contributed by atoms with Crippen LogP contribution in [0.4, 0.5) is 0 Å². The molecule has 0 aliphatic rings. The molecular weight excluding hydrogens is 206 g/mol. The maximum atomic E-state index is 12.0. The highest BCUT2D eigenvalue weighted by Crippen LogP contribution is 2.17. The van der Waals surface area contributed by atoms with E-state index in [1.54, 1.807) is 17.5 Å². The quantitative estimate of drug-likeness (QED) is 0.711. The van der Waals surface area contributed by atoms with Gasteiger partial charge in [0.1, 0.15) is 5.78 Å². The Balaban J connectivity index is 2.48. The predicted molar refractivity (Wildman–Crippen MR) is 64.1 cm³/mol. The summed E-state index contributed by atoms with van der Waals surface area (Å²) in [5, 5.41) is 2.88. The Bertz CT molecular complexity index is 276. The molecule has 0 saturated carbocycles. The average Bonchev–Trinajstić information content (AvgIpc) is 2.70. The lowest BCUT2D eigenvalue weighted by atomic mass is 9.92. The number of hydrogen-bond acceptors (Lipinski definition) is 3. The van der Waals surface area contributed by atoms with Gasteiger partial charge >= 0.3 is 0 Å². The number of carbonyl (C=O) groups excluding carboxylic acids is 1. The van der Waals surface area contributed by atoms with Crippen molar-refractivity contribution in [3.05, 3.63) is 16.6 Å². The summed E-state index contributed by atoms with van der Waals surface area (Å²) in [4.78, 5) is 16.1. The fraction of sp³-hybridized carbons (Fsp3) is 0.667. The molecule has 0 fully saturated rings.